The molecule has 3 aromatic carbocycles. The molecule has 1 unspecified atom stereocenters. The molecule has 0 spiro atoms. The van der Waals surface area contributed by atoms with Crippen LogP contribution in [0.25, 0.3) is 11.0 Å². The summed E-state index contributed by atoms with van der Waals surface area (Å²) in [6.07, 6.45) is -0.664. The van der Waals surface area contributed by atoms with Gasteiger partial charge in [-0.15, -0.1) is 0 Å². The number of nitrogens with zero attached hydrogens (tertiary/aromatic N) is 2. The maximum atomic E-state index is 13.6. The van der Waals surface area contributed by atoms with Crippen LogP contribution in [-0.4, -0.2) is 34.2 Å². The van der Waals surface area contributed by atoms with E-state index in [4.69, 9.17) is 11.6 Å². The van der Waals surface area contributed by atoms with Gasteiger partial charge in [0.1, 0.15) is 0 Å². The monoisotopic (exact) mass is 588 g/mol. The standard InChI is InChI=1S/C24H18ClIN4O4/c1-12-17(26)9-8-16(25)20(12)30-21(31)14-5-3-4-6-15(14)24(30,33)13-7-10-18-19(11-13)28-22(27-18)29-23(32)34-2/h3-11,33H,1-2H3,(H2,27,28,29,32). The summed E-state index contributed by atoms with van der Waals surface area (Å²) in [5.74, 6) is -0.162. The van der Waals surface area contributed by atoms with E-state index in [-0.39, 0.29) is 11.9 Å². The topological polar surface area (TPSA) is 108 Å². The van der Waals surface area contributed by atoms with Crippen molar-refractivity contribution in [2.45, 2.75) is 12.6 Å². The first kappa shape index (κ1) is 22.6. The van der Waals surface area contributed by atoms with Crippen molar-refractivity contribution in [1.29, 1.82) is 0 Å². The number of hydrogen-bond acceptors (Lipinski definition) is 5. The Morgan fingerprint density at radius 3 is 2.76 bits per heavy atom. The Balaban J connectivity index is 1.73. The Labute approximate surface area is 213 Å². The molecular weight excluding hydrogens is 571 g/mol. The number of anilines is 2. The molecule has 1 aliphatic rings. The molecule has 5 rings (SSSR count). The average Bonchev–Trinajstić information content (AvgIpc) is 3.33. The van der Waals surface area contributed by atoms with Crippen LogP contribution < -0.4 is 10.2 Å². The molecule has 0 bridgehead atoms. The van der Waals surface area contributed by atoms with E-state index < -0.39 is 11.8 Å². The number of amides is 2. The van der Waals surface area contributed by atoms with Crippen molar-refractivity contribution in [2.24, 2.45) is 0 Å². The summed E-state index contributed by atoms with van der Waals surface area (Å²) >= 11 is 8.77. The number of H-pyrrole nitrogens is 1. The van der Waals surface area contributed by atoms with Crippen LogP contribution in [0.4, 0.5) is 16.4 Å². The minimum absolute atomic E-state index is 0.197. The third-order valence-corrected chi connectivity index (χ3v) is 7.36. The van der Waals surface area contributed by atoms with Crippen molar-refractivity contribution in [3.8, 4) is 0 Å². The number of rotatable bonds is 3. The number of halogens is 2. The number of carbonyl (C=O) groups excluding carboxylic acids is 2. The van der Waals surface area contributed by atoms with Gasteiger partial charge in [-0.3, -0.25) is 15.0 Å². The number of fused-ring (bicyclic) bond motifs is 2. The van der Waals surface area contributed by atoms with Crippen molar-refractivity contribution in [1.82, 2.24) is 9.97 Å². The molecule has 10 heteroatoms. The lowest BCUT2D eigenvalue weighted by molar-refractivity contribution is 0.0703. The molecule has 4 aromatic rings. The van der Waals surface area contributed by atoms with E-state index >= 15 is 0 Å². The van der Waals surface area contributed by atoms with Crippen molar-refractivity contribution in [3.63, 3.8) is 0 Å². The van der Waals surface area contributed by atoms with E-state index in [2.05, 4.69) is 42.6 Å². The van der Waals surface area contributed by atoms with Crippen LogP contribution >= 0.6 is 34.2 Å². The Bertz CT molecular complexity index is 1490. The lowest BCUT2D eigenvalue weighted by atomic mass is 9.93. The lowest BCUT2D eigenvalue weighted by Crippen LogP contribution is -2.45. The average molecular weight is 589 g/mol. The quantitative estimate of drug-likeness (QED) is 0.287. The minimum atomic E-state index is -1.83. The maximum absolute atomic E-state index is 13.6. The fraction of sp³-hybridized carbons (Fsp3) is 0.125. The van der Waals surface area contributed by atoms with E-state index in [9.17, 15) is 14.7 Å². The number of aromatic amines is 1. The molecular formula is C24H18ClIN4O4. The normalized spacial score (nSPS) is 17.2. The number of imidazole rings is 1. The number of methoxy groups -OCH3 is 1. The van der Waals surface area contributed by atoms with Crippen LogP contribution in [0, 0.1) is 10.5 Å². The zero-order valence-electron chi connectivity index (χ0n) is 18.0. The van der Waals surface area contributed by atoms with Crippen LogP contribution in [0.2, 0.25) is 5.02 Å². The summed E-state index contributed by atoms with van der Waals surface area (Å²) in [6, 6.07) is 15.6. The van der Waals surface area contributed by atoms with Crippen molar-refractivity contribution in [2.75, 3.05) is 17.3 Å². The van der Waals surface area contributed by atoms with Crippen LogP contribution in [0.5, 0.6) is 0 Å². The number of nitrogens with one attached hydrogen (secondary N) is 2. The zero-order valence-corrected chi connectivity index (χ0v) is 20.9. The van der Waals surface area contributed by atoms with E-state index in [1.807, 2.05) is 13.0 Å². The van der Waals surface area contributed by atoms with Gasteiger partial charge in [0.15, 0.2) is 5.72 Å². The summed E-state index contributed by atoms with van der Waals surface area (Å²) in [7, 11) is 1.26. The first-order valence-electron chi connectivity index (χ1n) is 10.2. The molecule has 172 valence electrons. The van der Waals surface area contributed by atoms with Gasteiger partial charge in [-0.1, -0.05) is 35.9 Å². The van der Waals surface area contributed by atoms with Crippen molar-refractivity contribution >= 4 is 68.9 Å². The molecule has 0 saturated heterocycles. The molecule has 0 radical (unpaired) electrons. The fourth-order valence-corrected chi connectivity index (χ4v) is 4.98. The number of carbonyl (C=O) groups is 2. The number of benzene rings is 3. The Hall–Kier alpha value is -3.15. The second-order valence-corrected chi connectivity index (χ2v) is 9.36. The summed E-state index contributed by atoms with van der Waals surface area (Å²) < 4.78 is 5.52. The molecule has 1 atom stereocenters. The molecule has 2 heterocycles. The van der Waals surface area contributed by atoms with Gasteiger partial charge in [0.25, 0.3) is 5.91 Å². The van der Waals surface area contributed by atoms with Gasteiger partial charge in [0, 0.05) is 20.3 Å². The Morgan fingerprint density at radius 2 is 2.00 bits per heavy atom. The molecule has 0 fully saturated rings. The maximum Gasteiger partial charge on any atom is 0.413 e. The van der Waals surface area contributed by atoms with E-state index in [0.29, 0.717) is 38.4 Å². The van der Waals surface area contributed by atoms with E-state index in [1.165, 1.54) is 12.0 Å². The molecule has 1 aromatic heterocycles. The number of aliphatic hydroxyl groups is 1. The predicted molar refractivity (Wildman–Crippen MR) is 137 cm³/mol. The van der Waals surface area contributed by atoms with Gasteiger partial charge in [-0.05, 0) is 65.4 Å². The molecule has 0 saturated carbocycles. The highest BCUT2D eigenvalue weighted by Crippen LogP contribution is 2.48. The van der Waals surface area contributed by atoms with Gasteiger partial charge in [-0.2, -0.15) is 0 Å². The number of hydrogen-bond donors (Lipinski definition) is 3. The molecule has 3 N–H and O–H groups in total. The molecule has 1 aliphatic heterocycles. The van der Waals surface area contributed by atoms with Crippen molar-refractivity contribution < 1.29 is 19.4 Å². The lowest BCUT2D eigenvalue weighted by Gasteiger charge is -2.36. The van der Waals surface area contributed by atoms with Gasteiger partial charge < -0.3 is 14.8 Å². The summed E-state index contributed by atoms with van der Waals surface area (Å²) in [6.45, 7) is 1.86. The van der Waals surface area contributed by atoms with Crippen LogP contribution in [0.3, 0.4) is 0 Å². The van der Waals surface area contributed by atoms with Crippen LogP contribution in [0.1, 0.15) is 27.0 Å². The van der Waals surface area contributed by atoms with Crippen molar-refractivity contribution in [3.05, 3.63) is 85.4 Å². The third kappa shape index (κ3) is 3.34. The molecule has 0 aliphatic carbocycles. The minimum Gasteiger partial charge on any atom is -0.453 e. The molecule has 2 amide bonds. The second-order valence-electron chi connectivity index (χ2n) is 7.80. The largest absolute Gasteiger partial charge is 0.453 e. The Morgan fingerprint density at radius 1 is 1.24 bits per heavy atom. The van der Waals surface area contributed by atoms with Crippen LogP contribution in [-0.2, 0) is 10.5 Å². The predicted octanol–water partition coefficient (Wildman–Crippen LogP) is 5.16. The van der Waals surface area contributed by atoms with Gasteiger partial charge in [0.2, 0.25) is 5.95 Å². The second kappa shape index (κ2) is 8.26. The first-order chi connectivity index (χ1) is 16.3. The smallest absolute Gasteiger partial charge is 0.413 e. The number of ether oxygens (including phenoxy) is 1. The van der Waals surface area contributed by atoms with E-state index in [1.54, 1.807) is 48.5 Å². The fourth-order valence-electron chi connectivity index (χ4n) is 4.26. The summed E-state index contributed by atoms with van der Waals surface area (Å²) in [5.41, 5.74) is 1.77. The van der Waals surface area contributed by atoms with Gasteiger partial charge in [0.05, 0.1) is 28.9 Å². The summed E-state index contributed by atoms with van der Waals surface area (Å²) in [4.78, 5) is 33.9. The highest BCUT2D eigenvalue weighted by atomic mass is 127. The van der Waals surface area contributed by atoms with Crippen LogP contribution in [0.15, 0.2) is 54.6 Å². The van der Waals surface area contributed by atoms with Gasteiger partial charge >= 0.3 is 6.09 Å². The SMILES string of the molecule is COC(=O)Nc1nc2ccc(C3(O)c4ccccc4C(=O)N3c3c(Cl)ccc(I)c3C)cc2[nH]1. The first-order valence-corrected chi connectivity index (χ1v) is 11.7. The zero-order chi connectivity index (χ0) is 24.2. The molecule has 34 heavy (non-hydrogen) atoms. The molecule has 8 nitrogen and oxygen atoms in total. The highest BCUT2D eigenvalue weighted by molar-refractivity contribution is 14.1. The number of aromatic nitrogens is 2. The van der Waals surface area contributed by atoms with Gasteiger partial charge in [-0.25, -0.2) is 9.78 Å². The Kier molecular flexibility index (Phi) is 5.50. The van der Waals surface area contributed by atoms with E-state index in [0.717, 1.165) is 9.13 Å². The third-order valence-electron chi connectivity index (χ3n) is 5.89. The summed E-state index contributed by atoms with van der Waals surface area (Å²) in [5, 5.41) is 15.1. The highest BCUT2D eigenvalue weighted by Gasteiger charge is 2.51.